The van der Waals surface area contributed by atoms with Crippen LogP contribution in [0.2, 0.25) is 0 Å². The van der Waals surface area contributed by atoms with Gasteiger partial charge in [-0.3, -0.25) is 4.79 Å². The maximum absolute atomic E-state index is 11.3. The molecular formula is C21H32O3. The summed E-state index contributed by atoms with van der Waals surface area (Å²) in [5.74, 6) is 2.65. The van der Waals surface area contributed by atoms with E-state index in [1.807, 2.05) is 0 Å². The van der Waals surface area contributed by atoms with Gasteiger partial charge in [-0.1, -0.05) is 19.9 Å². The van der Waals surface area contributed by atoms with Crippen LogP contribution in [0.5, 0.6) is 0 Å². The Hall–Kier alpha value is -0.830. The van der Waals surface area contributed by atoms with Gasteiger partial charge in [0.05, 0.1) is 6.10 Å². The Labute approximate surface area is 145 Å². The first-order valence-electron chi connectivity index (χ1n) is 9.89. The molecule has 4 aliphatic carbocycles. The molecule has 0 spiro atoms. The van der Waals surface area contributed by atoms with E-state index in [1.54, 1.807) is 0 Å². The van der Waals surface area contributed by atoms with Crippen LogP contribution < -0.4 is 0 Å². The van der Waals surface area contributed by atoms with Crippen LogP contribution in [0.15, 0.2) is 12.2 Å². The van der Waals surface area contributed by atoms with Gasteiger partial charge in [0.1, 0.15) is 6.10 Å². The summed E-state index contributed by atoms with van der Waals surface area (Å²) >= 11 is 0. The molecule has 0 aliphatic heterocycles. The summed E-state index contributed by atoms with van der Waals surface area (Å²) in [5.41, 5.74) is 0.400. The zero-order valence-electron chi connectivity index (χ0n) is 15.3. The molecule has 0 radical (unpaired) electrons. The summed E-state index contributed by atoms with van der Waals surface area (Å²) in [6, 6.07) is 0. The van der Waals surface area contributed by atoms with Crippen LogP contribution in [0.25, 0.3) is 0 Å². The largest absolute Gasteiger partial charge is 0.458 e. The number of aliphatic hydroxyl groups excluding tert-OH is 1. The minimum atomic E-state index is -0.171. The molecule has 0 amide bonds. The lowest BCUT2D eigenvalue weighted by atomic mass is 9.46. The summed E-state index contributed by atoms with van der Waals surface area (Å²) in [6.07, 6.45) is 12.5. The summed E-state index contributed by atoms with van der Waals surface area (Å²) < 4.78 is 5.46. The van der Waals surface area contributed by atoms with Gasteiger partial charge in [-0.25, -0.2) is 0 Å². The number of carbonyl (C=O) groups excluding carboxylic acids is 1. The lowest BCUT2D eigenvalue weighted by Crippen LogP contribution is -2.53. The lowest BCUT2D eigenvalue weighted by molar-refractivity contribution is -0.147. The van der Waals surface area contributed by atoms with Crippen LogP contribution in [-0.4, -0.2) is 23.3 Å². The van der Waals surface area contributed by atoms with E-state index in [9.17, 15) is 9.90 Å². The molecule has 0 aromatic rings. The quantitative estimate of drug-likeness (QED) is 0.581. The van der Waals surface area contributed by atoms with Crippen molar-refractivity contribution >= 4 is 5.97 Å². The number of hydrogen-bond acceptors (Lipinski definition) is 3. The monoisotopic (exact) mass is 332 g/mol. The maximum atomic E-state index is 11.3. The van der Waals surface area contributed by atoms with Gasteiger partial charge in [0, 0.05) is 6.92 Å². The van der Waals surface area contributed by atoms with E-state index >= 15 is 0 Å². The van der Waals surface area contributed by atoms with Crippen molar-refractivity contribution in [3.8, 4) is 0 Å². The topological polar surface area (TPSA) is 46.5 Å². The van der Waals surface area contributed by atoms with E-state index in [4.69, 9.17) is 4.74 Å². The second kappa shape index (κ2) is 5.59. The van der Waals surface area contributed by atoms with E-state index in [-0.39, 0.29) is 29.0 Å². The molecule has 3 fully saturated rings. The molecule has 0 aromatic heterocycles. The van der Waals surface area contributed by atoms with Gasteiger partial charge in [0.25, 0.3) is 0 Å². The predicted octanol–water partition coefficient (Wildman–Crippen LogP) is 4.10. The molecule has 4 rings (SSSR count). The highest BCUT2D eigenvalue weighted by Crippen LogP contribution is 2.65. The number of ether oxygens (including phenoxy) is 1. The maximum Gasteiger partial charge on any atom is 0.303 e. The zero-order valence-corrected chi connectivity index (χ0v) is 15.3. The molecule has 0 bridgehead atoms. The number of hydrogen-bond donors (Lipinski definition) is 1. The molecule has 3 nitrogen and oxygen atoms in total. The molecule has 0 heterocycles. The zero-order chi connectivity index (χ0) is 17.1. The van der Waals surface area contributed by atoms with E-state index in [2.05, 4.69) is 26.0 Å². The second-order valence-corrected chi connectivity index (χ2v) is 9.40. The summed E-state index contributed by atoms with van der Waals surface area (Å²) in [7, 11) is 0. The molecule has 3 unspecified atom stereocenters. The first-order chi connectivity index (χ1) is 11.3. The van der Waals surface area contributed by atoms with Gasteiger partial charge in [0.15, 0.2) is 0 Å². The number of aliphatic hydroxyl groups is 1. The number of rotatable bonds is 1. The van der Waals surface area contributed by atoms with Gasteiger partial charge in [-0.15, -0.1) is 0 Å². The SMILES string of the molecule is CC(=O)OC1C=C[C@@]2(C)C(CC[C@@H]3[C@@H]2CC[C@]2(C)C(O)CC[C@@H]32)C1. The standard InChI is InChI=1S/C21H32O3/c1-13(22)24-15-8-10-20(2)14(12-15)4-5-16-17-6-7-19(23)21(17,3)11-9-18(16)20/h8,10,14-19,23H,4-7,9,11-12H2,1-3H3/t14?,15?,16-,17-,18-,19?,20-,21-/m0/s1. The second-order valence-electron chi connectivity index (χ2n) is 9.40. The van der Waals surface area contributed by atoms with Crippen molar-refractivity contribution in [3.63, 3.8) is 0 Å². The van der Waals surface area contributed by atoms with Gasteiger partial charge >= 0.3 is 5.97 Å². The molecule has 0 saturated heterocycles. The molecular weight excluding hydrogens is 300 g/mol. The summed E-state index contributed by atoms with van der Waals surface area (Å²) in [4.78, 5) is 11.3. The average Bonchev–Trinajstić information content (AvgIpc) is 2.83. The normalized spacial score (nSPS) is 53.0. The Kier molecular flexibility index (Phi) is 3.87. The number of fused-ring (bicyclic) bond motifs is 5. The van der Waals surface area contributed by atoms with Crippen molar-refractivity contribution in [1.82, 2.24) is 0 Å². The lowest BCUT2D eigenvalue weighted by Gasteiger charge is -2.59. The predicted molar refractivity (Wildman–Crippen MR) is 93.2 cm³/mol. The van der Waals surface area contributed by atoms with E-state index in [0.29, 0.717) is 11.8 Å². The molecule has 8 atom stereocenters. The number of carbonyl (C=O) groups is 1. The fourth-order valence-electron chi connectivity index (χ4n) is 7.05. The fourth-order valence-corrected chi connectivity index (χ4v) is 7.05. The third-order valence-corrected chi connectivity index (χ3v) is 8.42. The van der Waals surface area contributed by atoms with Crippen molar-refractivity contribution in [1.29, 1.82) is 0 Å². The highest BCUT2D eigenvalue weighted by molar-refractivity contribution is 5.66. The van der Waals surface area contributed by atoms with Crippen molar-refractivity contribution in [2.24, 2.45) is 34.5 Å². The molecule has 24 heavy (non-hydrogen) atoms. The van der Waals surface area contributed by atoms with Crippen molar-refractivity contribution < 1.29 is 14.6 Å². The molecule has 3 saturated carbocycles. The van der Waals surface area contributed by atoms with E-state index in [0.717, 1.165) is 24.7 Å². The first-order valence-corrected chi connectivity index (χ1v) is 9.89. The summed E-state index contributed by atoms with van der Waals surface area (Å²) in [5, 5.41) is 10.5. The van der Waals surface area contributed by atoms with Crippen LogP contribution >= 0.6 is 0 Å². The molecule has 1 N–H and O–H groups in total. The van der Waals surface area contributed by atoms with Crippen molar-refractivity contribution in [2.75, 3.05) is 0 Å². The molecule has 3 heteroatoms. The Morgan fingerprint density at radius 1 is 1.12 bits per heavy atom. The Balaban J connectivity index is 1.59. The van der Waals surface area contributed by atoms with Gasteiger partial charge in [-0.05, 0) is 85.5 Å². The molecule has 4 aliphatic rings. The average molecular weight is 332 g/mol. The third-order valence-electron chi connectivity index (χ3n) is 8.42. The molecule has 134 valence electrons. The number of esters is 1. The molecule has 0 aromatic carbocycles. The van der Waals surface area contributed by atoms with Crippen molar-refractivity contribution in [2.45, 2.75) is 77.9 Å². The van der Waals surface area contributed by atoms with Gasteiger partial charge < -0.3 is 9.84 Å². The van der Waals surface area contributed by atoms with Crippen LogP contribution in [0.3, 0.4) is 0 Å². The third kappa shape index (κ3) is 2.30. The summed E-state index contributed by atoms with van der Waals surface area (Å²) in [6.45, 7) is 6.29. The van der Waals surface area contributed by atoms with Crippen molar-refractivity contribution in [3.05, 3.63) is 12.2 Å². The minimum absolute atomic E-state index is 0.0284. The minimum Gasteiger partial charge on any atom is -0.458 e. The van der Waals surface area contributed by atoms with Crippen LogP contribution in [0.4, 0.5) is 0 Å². The Morgan fingerprint density at radius 3 is 2.67 bits per heavy atom. The van der Waals surface area contributed by atoms with Crippen LogP contribution in [-0.2, 0) is 9.53 Å². The van der Waals surface area contributed by atoms with Gasteiger partial charge in [0.2, 0.25) is 0 Å². The fraction of sp³-hybridized carbons (Fsp3) is 0.857. The highest BCUT2D eigenvalue weighted by Gasteiger charge is 2.59. The van der Waals surface area contributed by atoms with Crippen LogP contribution in [0.1, 0.15) is 65.7 Å². The van der Waals surface area contributed by atoms with Gasteiger partial charge in [-0.2, -0.15) is 0 Å². The number of allylic oxidation sites excluding steroid dienone is 1. The highest BCUT2D eigenvalue weighted by atomic mass is 16.5. The van der Waals surface area contributed by atoms with Crippen LogP contribution in [0, 0.1) is 34.5 Å². The Bertz CT molecular complexity index is 555. The van der Waals surface area contributed by atoms with E-state index < -0.39 is 0 Å². The van der Waals surface area contributed by atoms with E-state index in [1.165, 1.54) is 39.0 Å². The first kappa shape index (κ1) is 16.6. The smallest absolute Gasteiger partial charge is 0.303 e. The Morgan fingerprint density at radius 2 is 1.92 bits per heavy atom.